The fourth-order valence-electron chi connectivity index (χ4n) is 4.03. The van der Waals surface area contributed by atoms with E-state index in [-0.39, 0.29) is 17.8 Å². The first-order valence-corrected chi connectivity index (χ1v) is 9.48. The molecule has 0 unspecified atom stereocenters. The second-order valence-electron chi connectivity index (χ2n) is 7.27. The van der Waals surface area contributed by atoms with Crippen molar-refractivity contribution in [2.75, 3.05) is 47.5 Å². The lowest BCUT2D eigenvalue weighted by atomic mass is 9.96. The van der Waals surface area contributed by atoms with Crippen LogP contribution in [0, 0.1) is 5.92 Å². The number of hydrogen-bond donors (Lipinski definition) is 1. The highest BCUT2D eigenvalue weighted by Crippen LogP contribution is 2.33. The molecule has 2 aliphatic heterocycles. The number of likely N-dealkylation sites (tertiary alicyclic amines) is 1. The molecule has 0 spiro atoms. The molecular formula is C20H29N2O5+. The zero-order valence-electron chi connectivity index (χ0n) is 16.4. The monoisotopic (exact) mass is 377 g/mol. The van der Waals surface area contributed by atoms with Gasteiger partial charge in [0.2, 0.25) is 0 Å². The number of quaternary nitrogens is 1. The van der Waals surface area contributed by atoms with Crippen LogP contribution in [-0.2, 0) is 27.3 Å². The van der Waals surface area contributed by atoms with E-state index < -0.39 is 0 Å². The van der Waals surface area contributed by atoms with Crippen molar-refractivity contribution >= 4 is 11.9 Å². The van der Waals surface area contributed by atoms with Crippen molar-refractivity contribution in [2.45, 2.75) is 25.8 Å². The summed E-state index contributed by atoms with van der Waals surface area (Å²) in [5.74, 6) is 1.45. The van der Waals surface area contributed by atoms with Gasteiger partial charge in [0.25, 0.3) is 5.91 Å². The molecule has 7 nitrogen and oxygen atoms in total. The van der Waals surface area contributed by atoms with Gasteiger partial charge in [-0.15, -0.1) is 0 Å². The van der Waals surface area contributed by atoms with Crippen molar-refractivity contribution in [3.8, 4) is 11.5 Å². The minimum atomic E-state index is -0.127. The molecular weight excluding hydrogens is 348 g/mol. The highest BCUT2D eigenvalue weighted by Gasteiger charge is 2.31. The third-order valence-electron chi connectivity index (χ3n) is 5.70. The Bertz CT molecular complexity index is 698. The zero-order chi connectivity index (χ0) is 19.4. The average molecular weight is 377 g/mol. The number of nitrogens with one attached hydrogen (secondary N) is 1. The first-order valence-electron chi connectivity index (χ1n) is 9.48. The lowest BCUT2D eigenvalue weighted by molar-refractivity contribution is -0.898. The van der Waals surface area contributed by atoms with Gasteiger partial charge in [0.05, 0.1) is 40.3 Å². The van der Waals surface area contributed by atoms with Crippen LogP contribution in [0.1, 0.15) is 24.0 Å². The van der Waals surface area contributed by atoms with E-state index in [2.05, 4.69) is 0 Å². The van der Waals surface area contributed by atoms with Crippen LogP contribution in [0.2, 0.25) is 0 Å². The van der Waals surface area contributed by atoms with E-state index in [0.717, 1.165) is 50.2 Å². The van der Waals surface area contributed by atoms with Gasteiger partial charge in [0.15, 0.2) is 18.0 Å². The molecule has 1 fully saturated rings. The van der Waals surface area contributed by atoms with Crippen LogP contribution >= 0.6 is 0 Å². The third kappa shape index (κ3) is 4.35. The molecule has 148 valence electrons. The molecule has 1 N–H and O–H groups in total. The standard InChI is InChI=1S/C20H28N2O5/c1-25-17-10-15-6-9-22(12-16(15)11-18(17)26-2)19(23)13-21-7-4-14(5-8-21)20(24)27-3/h10-11,14H,4-9,12-13H2,1-3H3/p+1. The van der Waals surface area contributed by atoms with Gasteiger partial charge < -0.3 is 24.0 Å². The molecule has 3 rings (SSSR count). The van der Waals surface area contributed by atoms with Gasteiger partial charge in [-0.2, -0.15) is 0 Å². The van der Waals surface area contributed by atoms with Crippen LogP contribution < -0.4 is 14.4 Å². The summed E-state index contributed by atoms with van der Waals surface area (Å²) in [5, 5.41) is 0. The minimum absolute atomic E-state index is 0.0156. The maximum atomic E-state index is 12.8. The zero-order valence-corrected chi connectivity index (χ0v) is 16.4. The van der Waals surface area contributed by atoms with Crippen LogP contribution in [0.15, 0.2) is 12.1 Å². The van der Waals surface area contributed by atoms with Crippen molar-refractivity contribution in [3.05, 3.63) is 23.3 Å². The number of benzene rings is 1. The van der Waals surface area contributed by atoms with E-state index in [0.29, 0.717) is 18.8 Å². The van der Waals surface area contributed by atoms with Crippen molar-refractivity contribution in [1.82, 2.24) is 4.90 Å². The highest BCUT2D eigenvalue weighted by atomic mass is 16.5. The van der Waals surface area contributed by atoms with Gasteiger partial charge in [-0.05, 0) is 29.7 Å². The maximum Gasteiger partial charge on any atom is 0.309 e. The van der Waals surface area contributed by atoms with E-state index in [1.165, 1.54) is 17.6 Å². The average Bonchev–Trinajstić information content (AvgIpc) is 2.72. The molecule has 0 aliphatic carbocycles. The Morgan fingerprint density at radius 2 is 1.70 bits per heavy atom. The van der Waals surface area contributed by atoms with Crippen LogP contribution in [0.5, 0.6) is 11.5 Å². The van der Waals surface area contributed by atoms with Crippen LogP contribution in [0.4, 0.5) is 0 Å². The number of carbonyl (C=O) groups is 2. The molecule has 1 aromatic carbocycles. The van der Waals surface area contributed by atoms with Gasteiger partial charge >= 0.3 is 5.97 Å². The van der Waals surface area contributed by atoms with Gasteiger partial charge in [-0.3, -0.25) is 9.59 Å². The number of fused-ring (bicyclic) bond motifs is 1. The van der Waals surface area contributed by atoms with Crippen molar-refractivity contribution in [3.63, 3.8) is 0 Å². The van der Waals surface area contributed by atoms with Gasteiger partial charge in [0.1, 0.15) is 0 Å². The molecule has 7 heteroatoms. The Morgan fingerprint density at radius 1 is 1.07 bits per heavy atom. The van der Waals surface area contributed by atoms with Gasteiger partial charge in [-0.25, -0.2) is 0 Å². The number of esters is 1. The Balaban J connectivity index is 1.57. The molecule has 2 heterocycles. The lowest BCUT2D eigenvalue weighted by Gasteiger charge is -2.32. The molecule has 1 amide bonds. The highest BCUT2D eigenvalue weighted by molar-refractivity contribution is 5.77. The maximum absolute atomic E-state index is 12.8. The molecule has 27 heavy (non-hydrogen) atoms. The second kappa shape index (κ2) is 8.61. The number of methoxy groups -OCH3 is 3. The van der Waals surface area contributed by atoms with E-state index in [4.69, 9.17) is 14.2 Å². The largest absolute Gasteiger partial charge is 0.493 e. The minimum Gasteiger partial charge on any atom is -0.493 e. The number of ether oxygens (including phenoxy) is 3. The summed E-state index contributed by atoms with van der Waals surface area (Å²) in [6, 6.07) is 3.99. The first kappa shape index (κ1) is 19.5. The molecule has 1 saturated heterocycles. The summed E-state index contributed by atoms with van der Waals surface area (Å²) in [4.78, 5) is 27.6. The van der Waals surface area contributed by atoms with E-state index in [1.807, 2.05) is 17.0 Å². The number of piperidine rings is 1. The van der Waals surface area contributed by atoms with Crippen LogP contribution in [0.25, 0.3) is 0 Å². The summed E-state index contributed by atoms with van der Waals surface area (Å²) in [5.41, 5.74) is 2.33. The predicted octanol–water partition coefficient (Wildman–Crippen LogP) is 0.0564. The SMILES string of the molecule is COC(=O)C1CC[NH+](CC(=O)N2CCc3cc(OC)c(OC)cc3C2)CC1. The van der Waals surface area contributed by atoms with Crippen LogP contribution in [0.3, 0.4) is 0 Å². The van der Waals surface area contributed by atoms with Gasteiger partial charge in [0, 0.05) is 25.9 Å². The Labute approximate surface area is 160 Å². The smallest absolute Gasteiger partial charge is 0.309 e. The van der Waals surface area contributed by atoms with Gasteiger partial charge in [-0.1, -0.05) is 0 Å². The predicted molar refractivity (Wildman–Crippen MR) is 99.0 cm³/mol. The van der Waals surface area contributed by atoms with Crippen molar-refractivity contribution < 1.29 is 28.7 Å². The summed E-state index contributed by atoms with van der Waals surface area (Å²) >= 11 is 0. The number of amides is 1. The second-order valence-corrected chi connectivity index (χ2v) is 7.27. The van der Waals surface area contributed by atoms with Crippen molar-refractivity contribution in [2.24, 2.45) is 5.92 Å². The molecule has 0 atom stereocenters. The molecule has 0 aromatic heterocycles. The Hall–Kier alpha value is -2.28. The molecule has 0 bridgehead atoms. The van der Waals surface area contributed by atoms with E-state index in [1.54, 1.807) is 14.2 Å². The molecule has 2 aliphatic rings. The number of nitrogens with zero attached hydrogens (tertiary/aromatic N) is 1. The van der Waals surface area contributed by atoms with Crippen molar-refractivity contribution in [1.29, 1.82) is 0 Å². The molecule has 1 aromatic rings. The Kier molecular flexibility index (Phi) is 6.21. The number of hydrogen-bond acceptors (Lipinski definition) is 5. The normalized spacial score (nSPS) is 22.0. The fraction of sp³-hybridized carbons (Fsp3) is 0.600. The third-order valence-corrected chi connectivity index (χ3v) is 5.70. The number of rotatable bonds is 5. The first-order chi connectivity index (χ1) is 13.0. The van der Waals surface area contributed by atoms with E-state index >= 15 is 0 Å². The van der Waals surface area contributed by atoms with E-state index in [9.17, 15) is 9.59 Å². The number of carbonyl (C=O) groups excluding carboxylic acids is 2. The molecule has 0 saturated carbocycles. The summed E-state index contributed by atoms with van der Waals surface area (Å²) in [6.07, 6.45) is 2.39. The fourth-order valence-corrected chi connectivity index (χ4v) is 4.03. The lowest BCUT2D eigenvalue weighted by Crippen LogP contribution is -3.14. The van der Waals surface area contributed by atoms with Crippen LogP contribution in [-0.4, -0.2) is 64.3 Å². The summed E-state index contributed by atoms with van der Waals surface area (Å²) in [7, 11) is 4.69. The molecule has 0 radical (unpaired) electrons. The summed E-state index contributed by atoms with van der Waals surface area (Å²) in [6.45, 7) is 3.48. The summed E-state index contributed by atoms with van der Waals surface area (Å²) < 4.78 is 15.6. The quantitative estimate of drug-likeness (QED) is 0.735. The topological polar surface area (TPSA) is 69.5 Å². The Morgan fingerprint density at radius 3 is 2.30 bits per heavy atom.